The summed E-state index contributed by atoms with van der Waals surface area (Å²) < 4.78 is 1.42. The molecule has 30 heavy (non-hydrogen) atoms. The van der Waals surface area contributed by atoms with Crippen molar-refractivity contribution in [2.75, 3.05) is 32.7 Å². The minimum atomic E-state index is -0.0374. The Hall–Kier alpha value is -3.03. The van der Waals surface area contributed by atoms with Gasteiger partial charge in [0.15, 0.2) is 0 Å². The minimum Gasteiger partial charge on any atom is -0.300 e. The predicted octanol–water partition coefficient (Wildman–Crippen LogP) is 2.24. The van der Waals surface area contributed by atoms with E-state index in [2.05, 4.69) is 67.3 Å². The van der Waals surface area contributed by atoms with Crippen LogP contribution in [0.15, 0.2) is 53.6 Å². The molecule has 4 aromatic rings. The fraction of sp³-hybridized carbons (Fsp3) is 0.348. The van der Waals surface area contributed by atoms with Crippen LogP contribution in [-0.4, -0.2) is 62.1 Å². The van der Waals surface area contributed by atoms with Crippen LogP contribution < -0.4 is 5.56 Å². The first-order chi connectivity index (χ1) is 14.7. The molecule has 1 aliphatic rings. The van der Waals surface area contributed by atoms with E-state index >= 15 is 0 Å². The van der Waals surface area contributed by atoms with Gasteiger partial charge in [0.1, 0.15) is 6.33 Å². The van der Waals surface area contributed by atoms with Crippen molar-refractivity contribution in [3.63, 3.8) is 0 Å². The average Bonchev–Trinajstić information content (AvgIpc) is 3.24. The third kappa shape index (κ3) is 3.62. The monoisotopic (exact) mass is 402 g/mol. The van der Waals surface area contributed by atoms with Crippen LogP contribution >= 0.6 is 0 Å². The van der Waals surface area contributed by atoms with Crippen molar-refractivity contribution in [3.05, 3.63) is 76.0 Å². The Morgan fingerprint density at radius 3 is 2.63 bits per heavy atom. The third-order valence-electron chi connectivity index (χ3n) is 6.15. The lowest BCUT2D eigenvalue weighted by atomic mass is 10.0. The van der Waals surface area contributed by atoms with E-state index in [1.807, 2.05) is 6.92 Å². The maximum absolute atomic E-state index is 12.7. The van der Waals surface area contributed by atoms with E-state index in [0.29, 0.717) is 12.2 Å². The maximum Gasteiger partial charge on any atom is 0.277 e. The molecule has 2 aromatic carbocycles. The predicted molar refractivity (Wildman–Crippen MR) is 118 cm³/mol. The van der Waals surface area contributed by atoms with Crippen molar-refractivity contribution in [2.24, 2.45) is 0 Å². The molecule has 0 spiro atoms. The van der Waals surface area contributed by atoms with Gasteiger partial charge in [-0.1, -0.05) is 42.5 Å². The van der Waals surface area contributed by atoms with Crippen molar-refractivity contribution >= 4 is 16.6 Å². The van der Waals surface area contributed by atoms with Gasteiger partial charge in [-0.3, -0.25) is 14.8 Å². The highest BCUT2D eigenvalue weighted by Gasteiger charge is 2.19. The first-order valence-electron chi connectivity index (χ1n) is 10.5. The normalized spacial score (nSPS) is 15.9. The van der Waals surface area contributed by atoms with Gasteiger partial charge in [0.05, 0.1) is 5.69 Å². The number of hydrogen-bond donors (Lipinski definition) is 1. The Balaban J connectivity index is 1.20. The molecule has 7 heteroatoms. The lowest BCUT2D eigenvalue weighted by Gasteiger charge is -2.35. The highest BCUT2D eigenvalue weighted by molar-refractivity contribution is 5.85. The van der Waals surface area contributed by atoms with Gasteiger partial charge in [-0.2, -0.15) is 4.52 Å². The van der Waals surface area contributed by atoms with Crippen molar-refractivity contribution in [3.8, 4) is 0 Å². The standard InChI is InChI=1S/C23H26N6O/c1-17-20(22(30)29-23(26-17)24-16-25-29)9-10-27-11-13-28(14-12-27)15-19-7-4-6-18-5-2-3-8-21(18)19/h2-8,16H,9-15H2,1H3,(H,24,25,26). The summed E-state index contributed by atoms with van der Waals surface area (Å²) in [5, 5.41) is 5.50. The van der Waals surface area contributed by atoms with Gasteiger partial charge >= 0.3 is 0 Å². The van der Waals surface area contributed by atoms with Crippen LogP contribution in [-0.2, 0) is 13.0 Å². The molecule has 0 bridgehead atoms. The fourth-order valence-electron chi connectivity index (χ4n) is 4.40. The molecular weight excluding hydrogens is 376 g/mol. The van der Waals surface area contributed by atoms with Crippen molar-refractivity contribution < 1.29 is 0 Å². The lowest BCUT2D eigenvalue weighted by Crippen LogP contribution is -2.46. The van der Waals surface area contributed by atoms with Crippen LogP contribution in [0.4, 0.5) is 0 Å². The minimum absolute atomic E-state index is 0.0374. The summed E-state index contributed by atoms with van der Waals surface area (Å²) in [7, 11) is 0. The number of fused-ring (bicyclic) bond motifs is 2. The SMILES string of the molecule is Cc1nc2nc[nH]n2c(=O)c1CCN1CCN(Cc2cccc3ccccc23)CC1. The Labute approximate surface area is 175 Å². The molecule has 1 saturated heterocycles. The van der Waals surface area contributed by atoms with Crippen LogP contribution in [0.1, 0.15) is 16.8 Å². The highest BCUT2D eigenvalue weighted by Crippen LogP contribution is 2.20. The van der Waals surface area contributed by atoms with Crippen LogP contribution in [0, 0.1) is 6.92 Å². The van der Waals surface area contributed by atoms with Crippen molar-refractivity contribution in [1.82, 2.24) is 29.4 Å². The molecule has 1 aliphatic heterocycles. The summed E-state index contributed by atoms with van der Waals surface area (Å²) in [6, 6.07) is 15.2. The summed E-state index contributed by atoms with van der Waals surface area (Å²) in [6.07, 6.45) is 2.21. The van der Waals surface area contributed by atoms with E-state index in [1.165, 1.54) is 27.2 Å². The van der Waals surface area contributed by atoms with E-state index in [1.54, 1.807) is 0 Å². The van der Waals surface area contributed by atoms with Crippen LogP contribution in [0.5, 0.6) is 0 Å². The van der Waals surface area contributed by atoms with E-state index in [-0.39, 0.29) is 5.56 Å². The number of aromatic nitrogens is 4. The number of rotatable bonds is 5. The second-order valence-corrected chi connectivity index (χ2v) is 8.01. The molecule has 154 valence electrons. The fourth-order valence-corrected chi connectivity index (χ4v) is 4.40. The number of piperazine rings is 1. The molecule has 0 radical (unpaired) electrons. The zero-order valence-electron chi connectivity index (χ0n) is 17.2. The summed E-state index contributed by atoms with van der Waals surface area (Å²) in [4.78, 5) is 26.2. The maximum atomic E-state index is 12.7. The molecule has 3 heterocycles. The molecule has 0 unspecified atom stereocenters. The Kier molecular flexibility index (Phi) is 5.06. The molecule has 7 nitrogen and oxygen atoms in total. The topological polar surface area (TPSA) is 69.5 Å². The Bertz CT molecular complexity index is 1230. The van der Waals surface area contributed by atoms with E-state index < -0.39 is 0 Å². The zero-order chi connectivity index (χ0) is 20.5. The second-order valence-electron chi connectivity index (χ2n) is 8.01. The number of H-pyrrole nitrogens is 1. The molecule has 5 rings (SSSR count). The molecule has 0 amide bonds. The summed E-state index contributed by atoms with van der Waals surface area (Å²) in [6.45, 7) is 7.87. The first kappa shape index (κ1) is 19.0. The van der Waals surface area contributed by atoms with Crippen molar-refractivity contribution in [1.29, 1.82) is 0 Å². The number of benzene rings is 2. The van der Waals surface area contributed by atoms with E-state index in [0.717, 1.165) is 50.5 Å². The lowest BCUT2D eigenvalue weighted by molar-refractivity contribution is 0.128. The molecule has 2 aromatic heterocycles. The van der Waals surface area contributed by atoms with E-state index in [4.69, 9.17) is 0 Å². The molecule has 0 saturated carbocycles. The molecular formula is C23H26N6O. The third-order valence-corrected chi connectivity index (χ3v) is 6.15. The smallest absolute Gasteiger partial charge is 0.277 e. The summed E-state index contributed by atoms with van der Waals surface area (Å²) >= 11 is 0. The quantitative estimate of drug-likeness (QED) is 0.554. The van der Waals surface area contributed by atoms with Gasteiger partial charge in [0, 0.05) is 44.8 Å². The average molecular weight is 403 g/mol. The number of nitrogens with zero attached hydrogens (tertiary/aromatic N) is 5. The molecule has 0 aliphatic carbocycles. The number of aryl methyl sites for hydroxylation is 1. The summed E-state index contributed by atoms with van der Waals surface area (Å²) in [5.41, 5.74) is 2.91. The van der Waals surface area contributed by atoms with Gasteiger partial charge in [-0.05, 0) is 29.7 Å². The van der Waals surface area contributed by atoms with Gasteiger partial charge in [0.2, 0.25) is 0 Å². The van der Waals surface area contributed by atoms with Crippen LogP contribution in [0.25, 0.3) is 16.6 Å². The zero-order valence-corrected chi connectivity index (χ0v) is 17.2. The molecule has 0 atom stereocenters. The van der Waals surface area contributed by atoms with Crippen molar-refractivity contribution in [2.45, 2.75) is 19.9 Å². The van der Waals surface area contributed by atoms with Crippen LogP contribution in [0.2, 0.25) is 0 Å². The molecule has 1 N–H and O–H groups in total. The Morgan fingerprint density at radius 1 is 1.00 bits per heavy atom. The largest absolute Gasteiger partial charge is 0.300 e. The second kappa shape index (κ2) is 8.01. The van der Waals surface area contributed by atoms with Crippen LogP contribution in [0.3, 0.4) is 0 Å². The first-order valence-corrected chi connectivity index (χ1v) is 10.5. The highest BCUT2D eigenvalue weighted by atomic mass is 16.1. The number of aromatic amines is 1. The number of hydrogen-bond acceptors (Lipinski definition) is 5. The van der Waals surface area contributed by atoms with Gasteiger partial charge in [-0.15, -0.1) is 0 Å². The van der Waals surface area contributed by atoms with Gasteiger partial charge < -0.3 is 4.90 Å². The summed E-state index contributed by atoms with van der Waals surface area (Å²) in [5.74, 6) is 0.434. The van der Waals surface area contributed by atoms with Gasteiger partial charge in [0.25, 0.3) is 11.3 Å². The molecule has 1 fully saturated rings. The van der Waals surface area contributed by atoms with Gasteiger partial charge in [-0.25, -0.2) is 9.97 Å². The van der Waals surface area contributed by atoms with E-state index in [9.17, 15) is 4.79 Å². The Morgan fingerprint density at radius 2 is 1.77 bits per heavy atom. The number of nitrogens with one attached hydrogen (secondary N) is 1.